The van der Waals surface area contributed by atoms with Crippen LogP contribution in [0.5, 0.6) is 0 Å². The fourth-order valence-corrected chi connectivity index (χ4v) is 7.03. The van der Waals surface area contributed by atoms with Gasteiger partial charge in [-0.25, -0.2) is 9.97 Å². The molecule has 0 amide bonds. The van der Waals surface area contributed by atoms with Crippen molar-refractivity contribution in [2.45, 2.75) is 13.8 Å². The molecular weight excluding hydrogens is 875 g/mol. The summed E-state index contributed by atoms with van der Waals surface area (Å²) in [5, 5.41) is 14.8. The summed E-state index contributed by atoms with van der Waals surface area (Å²) in [6.45, 7) is 2.85. The van der Waals surface area contributed by atoms with Crippen LogP contribution in [-0.4, -0.2) is 25.8 Å². The van der Waals surface area contributed by atoms with Crippen molar-refractivity contribution in [3.8, 4) is 45.2 Å². The van der Waals surface area contributed by atoms with E-state index in [1.807, 2.05) is 72.9 Å². The Morgan fingerprint density at radius 3 is 1.75 bits per heavy atom. The van der Waals surface area contributed by atoms with E-state index in [0.717, 1.165) is 94.0 Å². The first kappa shape index (κ1) is 36.3. The number of aliphatic hydroxyl groups is 1. The topological polar surface area (TPSA) is 102 Å². The molecule has 10 rings (SSSR count). The summed E-state index contributed by atoms with van der Waals surface area (Å²) >= 11 is 0. The summed E-state index contributed by atoms with van der Waals surface area (Å²) in [5.41, 5.74) is 9.12. The number of hydrogen-bond acceptors (Lipinski definition) is 7. The Morgan fingerprint density at radius 2 is 1.18 bits per heavy atom. The molecule has 1 radical (unpaired) electrons. The Kier molecular flexibility index (Phi) is 9.83. The number of nitrogens with zero attached hydrogens (tertiary/aromatic N) is 3. The normalized spacial score (nSPS) is 11.5. The third-order valence-electron chi connectivity index (χ3n) is 9.47. The molecule has 0 bridgehead atoms. The first-order valence-corrected chi connectivity index (χ1v) is 17.8. The van der Waals surface area contributed by atoms with Crippen molar-refractivity contribution in [2.75, 3.05) is 0 Å². The molecule has 0 aliphatic carbocycles. The van der Waals surface area contributed by atoms with Crippen LogP contribution in [0.15, 0.2) is 166 Å². The maximum atomic E-state index is 10.0. The fourth-order valence-electron chi connectivity index (χ4n) is 7.03. The van der Waals surface area contributed by atoms with E-state index in [9.17, 15) is 4.79 Å². The van der Waals surface area contributed by atoms with E-state index in [-0.39, 0.29) is 31.6 Å². The Bertz CT molecular complexity index is 2990. The number of allylic oxidation sites excluding steroid dienone is 2. The van der Waals surface area contributed by atoms with Crippen LogP contribution in [0.3, 0.4) is 0 Å². The molecule has 10 aromatic rings. The molecule has 0 atom stereocenters. The van der Waals surface area contributed by atoms with Crippen molar-refractivity contribution >= 4 is 60.4 Å². The summed E-state index contributed by atoms with van der Waals surface area (Å²) in [6.07, 6.45) is 3.07. The van der Waals surface area contributed by atoms with E-state index in [1.54, 1.807) is 0 Å². The predicted octanol–water partition coefficient (Wildman–Crippen LogP) is 12.3. The number of carbonyl (C=O) groups is 1. The first-order chi connectivity index (χ1) is 26.9. The minimum atomic E-state index is -0.125. The van der Waals surface area contributed by atoms with Gasteiger partial charge in [0.15, 0.2) is 5.78 Å². The molecule has 7 nitrogen and oxygen atoms in total. The fraction of sp³-hybridized carbons (Fsp3) is 0.0417. The molecule has 0 saturated carbocycles. The van der Waals surface area contributed by atoms with E-state index in [2.05, 4.69) is 78.9 Å². The van der Waals surface area contributed by atoms with Crippen LogP contribution in [0, 0.1) is 6.07 Å². The number of aliphatic hydroxyl groups excluding tert-OH is 1. The molecule has 4 aromatic heterocycles. The zero-order valence-corrected chi connectivity index (χ0v) is 32.7. The second-order valence-corrected chi connectivity index (χ2v) is 13.3. The average molecular weight is 907 g/mol. The summed E-state index contributed by atoms with van der Waals surface area (Å²) in [5.74, 6) is 0.521. The molecular formula is C48H32IrN3O4-. The molecule has 0 aliphatic heterocycles. The summed E-state index contributed by atoms with van der Waals surface area (Å²) in [6, 6.07) is 50.4. The monoisotopic (exact) mass is 907 g/mol. The zero-order valence-electron chi connectivity index (χ0n) is 30.3. The van der Waals surface area contributed by atoms with E-state index in [4.69, 9.17) is 28.9 Å². The number of para-hydroxylation sites is 4. The van der Waals surface area contributed by atoms with Crippen LogP contribution < -0.4 is 0 Å². The molecule has 8 heteroatoms. The van der Waals surface area contributed by atoms with E-state index < -0.39 is 0 Å². The van der Waals surface area contributed by atoms with Crippen molar-refractivity contribution in [3.63, 3.8) is 0 Å². The van der Waals surface area contributed by atoms with Gasteiger partial charge in [0.1, 0.15) is 28.2 Å². The first-order valence-electron chi connectivity index (χ1n) is 17.8. The molecule has 0 aliphatic rings. The van der Waals surface area contributed by atoms with E-state index in [0.29, 0.717) is 5.82 Å². The third-order valence-corrected chi connectivity index (χ3v) is 9.47. The van der Waals surface area contributed by atoms with Crippen LogP contribution in [0.1, 0.15) is 13.8 Å². The van der Waals surface area contributed by atoms with Crippen LogP contribution >= 0.6 is 0 Å². The molecule has 273 valence electrons. The van der Waals surface area contributed by atoms with Gasteiger partial charge < -0.3 is 18.9 Å². The van der Waals surface area contributed by atoms with Crippen molar-refractivity contribution in [1.82, 2.24) is 15.0 Å². The van der Waals surface area contributed by atoms with E-state index in [1.165, 1.54) is 19.9 Å². The van der Waals surface area contributed by atoms with Gasteiger partial charge in [-0.05, 0) is 60.6 Å². The zero-order chi connectivity index (χ0) is 37.5. The number of fused-ring (bicyclic) bond motifs is 7. The van der Waals surface area contributed by atoms with Gasteiger partial charge >= 0.3 is 0 Å². The van der Waals surface area contributed by atoms with Crippen molar-refractivity contribution in [2.24, 2.45) is 0 Å². The third kappa shape index (κ3) is 6.88. The molecule has 1 N–H and O–H groups in total. The van der Waals surface area contributed by atoms with Gasteiger partial charge in [0.05, 0.1) is 17.1 Å². The molecule has 0 saturated heterocycles. The van der Waals surface area contributed by atoms with Crippen molar-refractivity contribution in [3.05, 3.63) is 164 Å². The summed E-state index contributed by atoms with van der Waals surface area (Å²) < 4.78 is 12.9. The Labute approximate surface area is 335 Å². The Balaban J connectivity index is 0.000000507. The van der Waals surface area contributed by atoms with Gasteiger partial charge in [0.2, 0.25) is 0 Å². The van der Waals surface area contributed by atoms with Crippen molar-refractivity contribution in [1.29, 1.82) is 0 Å². The predicted molar refractivity (Wildman–Crippen MR) is 220 cm³/mol. The SMILES string of the molecule is CC(=O)C=C(C)O.[Ir].[c-]1ccc(-c2nc(-c3cccc4c3oc3ccccc34)cc(-c3cccc4c3oc3ccccc34)n2)cc1-c1cc2ccccc2cn1. The number of hydrogen-bond donors (Lipinski definition) is 1. The summed E-state index contributed by atoms with van der Waals surface area (Å²) in [4.78, 5) is 25.2. The maximum Gasteiger partial charge on any atom is 0.155 e. The smallest absolute Gasteiger partial charge is 0.155 e. The molecule has 4 heterocycles. The summed E-state index contributed by atoms with van der Waals surface area (Å²) in [7, 11) is 0. The maximum absolute atomic E-state index is 10.0. The van der Waals surface area contributed by atoms with E-state index >= 15 is 0 Å². The minimum absolute atomic E-state index is 0. The quantitative estimate of drug-likeness (QED) is 0.104. The number of benzene rings is 6. The molecule has 56 heavy (non-hydrogen) atoms. The molecule has 6 aromatic carbocycles. The van der Waals surface area contributed by atoms with Gasteiger partial charge in [-0.2, -0.15) is 0 Å². The van der Waals surface area contributed by atoms with Crippen molar-refractivity contribution < 1.29 is 38.8 Å². The second kappa shape index (κ2) is 15.2. The van der Waals surface area contributed by atoms with Crippen LogP contribution in [0.2, 0.25) is 0 Å². The Morgan fingerprint density at radius 1 is 0.625 bits per heavy atom. The number of carbonyl (C=O) groups excluding carboxylic acids is 1. The van der Waals surface area contributed by atoms with Crippen LogP contribution in [0.4, 0.5) is 0 Å². The number of pyridine rings is 1. The molecule has 0 spiro atoms. The van der Waals surface area contributed by atoms with Gasteiger partial charge in [-0.15, -0.1) is 29.8 Å². The molecule has 0 fully saturated rings. The van der Waals surface area contributed by atoms with Gasteiger partial charge in [-0.3, -0.25) is 4.79 Å². The minimum Gasteiger partial charge on any atom is -0.512 e. The van der Waals surface area contributed by atoms with Crippen LogP contribution in [-0.2, 0) is 24.9 Å². The number of aromatic nitrogens is 3. The Hall–Kier alpha value is -6.73. The van der Waals surface area contributed by atoms with Gasteiger partial charge in [0.25, 0.3) is 0 Å². The van der Waals surface area contributed by atoms with Gasteiger partial charge in [0, 0.05) is 65.1 Å². The molecule has 0 unspecified atom stereocenters. The number of rotatable bonds is 5. The largest absolute Gasteiger partial charge is 0.512 e. The van der Waals surface area contributed by atoms with Gasteiger partial charge in [-0.1, -0.05) is 96.6 Å². The van der Waals surface area contributed by atoms with Crippen LogP contribution in [0.25, 0.3) is 99.8 Å². The average Bonchev–Trinajstić information content (AvgIpc) is 3.79. The number of furan rings is 2. The number of ketones is 1. The second-order valence-electron chi connectivity index (χ2n) is 13.3. The standard InChI is InChI=1S/C43H24N3O2.C5H8O2.Ir/c1-2-11-29-25-44-36(23-26(29)10-1)27-12-7-13-28(22-27)43-45-37(34-18-8-16-32-30-14-3-5-20-39(30)47-41(32)34)24-38(46-43)35-19-9-17-33-31-15-4-6-21-40(31)48-42(33)35;1-4(6)3-5(2)7;/h1-11,13-25H;3,6H,1-2H3;/q-1;;.